The number of piperazine rings is 1. The van der Waals surface area contributed by atoms with Crippen LogP contribution >= 0.6 is 0 Å². The Hall–Kier alpha value is -3.88. The monoisotopic (exact) mass is 458 g/mol. The molecule has 1 unspecified atom stereocenters. The van der Waals surface area contributed by atoms with Crippen LogP contribution < -0.4 is 10.2 Å². The van der Waals surface area contributed by atoms with E-state index in [1.54, 1.807) is 0 Å². The molecule has 5 rings (SSSR count). The minimum Gasteiger partial charge on any atom is -0.339 e. The van der Waals surface area contributed by atoms with E-state index in [1.165, 1.54) is 0 Å². The van der Waals surface area contributed by atoms with Gasteiger partial charge < -0.3 is 15.1 Å². The predicted octanol–water partition coefficient (Wildman–Crippen LogP) is 3.59. The Morgan fingerprint density at radius 2 is 1.82 bits per heavy atom. The smallest absolute Gasteiger partial charge is 0.245 e. The first-order valence-corrected chi connectivity index (χ1v) is 11.7. The van der Waals surface area contributed by atoms with Crippen LogP contribution in [0.5, 0.6) is 0 Å². The molecule has 1 saturated heterocycles. The lowest BCUT2D eigenvalue weighted by molar-refractivity contribution is -0.134. The number of benzene rings is 1. The van der Waals surface area contributed by atoms with Gasteiger partial charge in [0, 0.05) is 44.1 Å². The summed E-state index contributed by atoms with van der Waals surface area (Å²) in [5.74, 6) is 2.33. The second kappa shape index (κ2) is 9.17. The zero-order valence-electron chi connectivity index (χ0n) is 19.8. The molecule has 1 aliphatic heterocycles. The highest BCUT2D eigenvalue weighted by Crippen LogP contribution is 2.28. The van der Waals surface area contributed by atoms with E-state index in [4.69, 9.17) is 10.1 Å². The standard InChI is InChI=1S/C25H30N8O/c1-17(2)22(19-8-5-4-6-9-19)24(34)31-12-14-32(15-13-31)25-27-23(20-10-7-11-33(20)30-25)26-21-16-18(3)28-29-21/h4-11,16-17,22H,12-15H2,1-3H3,(H2,26,27,28,29,30). The van der Waals surface area contributed by atoms with Crippen LogP contribution in [0.15, 0.2) is 54.7 Å². The average Bonchev–Trinajstić information content (AvgIpc) is 3.48. The van der Waals surface area contributed by atoms with Gasteiger partial charge in [0.25, 0.3) is 0 Å². The Morgan fingerprint density at radius 3 is 2.50 bits per heavy atom. The number of amides is 1. The lowest BCUT2D eigenvalue weighted by Gasteiger charge is -2.37. The molecule has 0 saturated carbocycles. The third-order valence-corrected chi connectivity index (χ3v) is 6.30. The Kier molecular flexibility index (Phi) is 5.91. The number of anilines is 3. The van der Waals surface area contributed by atoms with Gasteiger partial charge in [0.15, 0.2) is 11.6 Å². The number of hydrogen-bond donors (Lipinski definition) is 2. The number of carbonyl (C=O) groups excluding carboxylic acids is 1. The largest absolute Gasteiger partial charge is 0.339 e. The molecule has 0 aliphatic carbocycles. The molecule has 3 aromatic heterocycles. The van der Waals surface area contributed by atoms with Gasteiger partial charge in [0.05, 0.1) is 5.92 Å². The van der Waals surface area contributed by atoms with Gasteiger partial charge in [-0.3, -0.25) is 9.89 Å². The quantitative estimate of drug-likeness (QED) is 0.459. The van der Waals surface area contributed by atoms with Crippen molar-refractivity contribution in [2.75, 3.05) is 36.4 Å². The molecule has 9 nitrogen and oxygen atoms in total. The summed E-state index contributed by atoms with van der Waals surface area (Å²) in [6.07, 6.45) is 1.91. The molecule has 0 bridgehead atoms. The summed E-state index contributed by atoms with van der Waals surface area (Å²) in [6, 6.07) is 15.9. The summed E-state index contributed by atoms with van der Waals surface area (Å²) < 4.78 is 1.83. The van der Waals surface area contributed by atoms with E-state index in [2.05, 4.69) is 34.3 Å². The molecule has 1 fully saturated rings. The average molecular weight is 459 g/mol. The number of H-pyrrole nitrogens is 1. The Balaban J connectivity index is 1.32. The number of hydrogen-bond acceptors (Lipinski definition) is 6. The summed E-state index contributed by atoms with van der Waals surface area (Å²) in [5, 5.41) is 15.2. The molecule has 1 aromatic carbocycles. The Labute approximate surface area is 198 Å². The number of carbonyl (C=O) groups is 1. The highest BCUT2D eigenvalue weighted by Gasteiger charge is 2.31. The molecule has 2 N–H and O–H groups in total. The molecule has 0 spiro atoms. The fraction of sp³-hybridized carbons (Fsp3) is 0.360. The van der Waals surface area contributed by atoms with E-state index in [9.17, 15) is 4.79 Å². The summed E-state index contributed by atoms with van der Waals surface area (Å²) in [5.41, 5.74) is 2.93. The maximum atomic E-state index is 13.4. The molecule has 1 amide bonds. The van der Waals surface area contributed by atoms with Crippen LogP contribution in [-0.4, -0.2) is 61.8 Å². The van der Waals surface area contributed by atoms with Gasteiger partial charge in [0.2, 0.25) is 11.9 Å². The maximum Gasteiger partial charge on any atom is 0.245 e. The van der Waals surface area contributed by atoms with Crippen molar-refractivity contribution in [3.63, 3.8) is 0 Å². The maximum absolute atomic E-state index is 13.4. The van der Waals surface area contributed by atoms with E-state index in [1.807, 2.05) is 71.1 Å². The summed E-state index contributed by atoms with van der Waals surface area (Å²) in [4.78, 5) is 22.4. The zero-order chi connectivity index (χ0) is 23.7. The molecular weight excluding hydrogens is 428 g/mol. The van der Waals surface area contributed by atoms with Crippen molar-refractivity contribution in [3.05, 3.63) is 66.0 Å². The first kappa shape index (κ1) is 21.9. The van der Waals surface area contributed by atoms with Crippen molar-refractivity contribution in [1.29, 1.82) is 0 Å². The van der Waals surface area contributed by atoms with E-state index in [-0.39, 0.29) is 17.7 Å². The molecule has 4 aromatic rings. The predicted molar refractivity (Wildman–Crippen MR) is 132 cm³/mol. The van der Waals surface area contributed by atoms with Crippen molar-refractivity contribution in [2.24, 2.45) is 5.92 Å². The van der Waals surface area contributed by atoms with Gasteiger partial charge in [-0.2, -0.15) is 10.1 Å². The van der Waals surface area contributed by atoms with E-state index >= 15 is 0 Å². The van der Waals surface area contributed by atoms with Crippen LogP contribution in [0.1, 0.15) is 31.0 Å². The molecular formula is C25H30N8O. The summed E-state index contributed by atoms with van der Waals surface area (Å²) in [7, 11) is 0. The zero-order valence-corrected chi connectivity index (χ0v) is 19.8. The number of aromatic amines is 1. The normalized spacial score (nSPS) is 15.2. The lowest BCUT2D eigenvalue weighted by atomic mass is 9.87. The second-order valence-electron chi connectivity index (χ2n) is 9.10. The van der Waals surface area contributed by atoms with Crippen molar-refractivity contribution in [1.82, 2.24) is 29.7 Å². The van der Waals surface area contributed by atoms with E-state index in [0.29, 0.717) is 43.8 Å². The SMILES string of the molecule is Cc1cc(Nc2nc(N3CCN(C(=O)C(c4ccccc4)C(C)C)CC3)nn3cccc23)n[nH]1. The number of aromatic nitrogens is 5. The second-order valence-corrected chi connectivity index (χ2v) is 9.10. The Bertz CT molecular complexity index is 1270. The van der Waals surface area contributed by atoms with Gasteiger partial charge in [0.1, 0.15) is 5.52 Å². The Morgan fingerprint density at radius 1 is 1.06 bits per heavy atom. The highest BCUT2D eigenvalue weighted by atomic mass is 16.2. The molecule has 0 radical (unpaired) electrons. The number of nitrogens with one attached hydrogen (secondary N) is 2. The number of fused-ring (bicyclic) bond motifs is 1. The molecule has 9 heteroatoms. The fourth-order valence-electron chi connectivity index (χ4n) is 4.55. The lowest BCUT2D eigenvalue weighted by Crippen LogP contribution is -2.51. The van der Waals surface area contributed by atoms with Gasteiger partial charge in [-0.25, -0.2) is 4.52 Å². The van der Waals surface area contributed by atoms with Crippen LogP contribution in [0, 0.1) is 12.8 Å². The third-order valence-electron chi connectivity index (χ3n) is 6.30. The molecule has 34 heavy (non-hydrogen) atoms. The number of nitrogens with zero attached hydrogens (tertiary/aromatic N) is 6. The molecule has 1 aliphatic rings. The summed E-state index contributed by atoms with van der Waals surface area (Å²) >= 11 is 0. The summed E-state index contributed by atoms with van der Waals surface area (Å²) in [6.45, 7) is 8.83. The van der Waals surface area contributed by atoms with Crippen LogP contribution in [0.4, 0.5) is 17.6 Å². The van der Waals surface area contributed by atoms with Crippen molar-refractivity contribution >= 4 is 29.0 Å². The van der Waals surface area contributed by atoms with E-state index in [0.717, 1.165) is 16.8 Å². The van der Waals surface area contributed by atoms with Gasteiger partial charge in [-0.15, -0.1) is 5.10 Å². The minimum absolute atomic E-state index is 0.131. The van der Waals surface area contributed by atoms with Crippen LogP contribution in [0.2, 0.25) is 0 Å². The topological polar surface area (TPSA) is 94.5 Å². The number of rotatable bonds is 6. The molecule has 4 heterocycles. The van der Waals surface area contributed by atoms with Crippen molar-refractivity contribution < 1.29 is 4.79 Å². The fourth-order valence-corrected chi connectivity index (χ4v) is 4.55. The van der Waals surface area contributed by atoms with Crippen LogP contribution in [0.3, 0.4) is 0 Å². The third kappa shape index (κ3) is 4.33. The van der Waals surface area contributed by atoms with Crippen LogP contribution in [-0.2, 0) is 4.79 Å². The molecule has 176 valence electrons. The van der Waals surface area contributed by atoms with Crippen molar-refractivity contribution in [3.8, 4) is 0 Å². The van der Waals surface area contributed by atoms with Crippen LogP contribution in [0.25, 0.3) is 5.52 Å². The van der Waals surface area contributed by atoms with Gasteiger partial charge in [-0.1, -0.05) is 44.2 Å². The first-order valence-electron chi connectivity index (χ1n) is 11.7. The minimum atomic E-state index is -0.131. The van der Waals surface area contributed by atoms with Gasteiger partial charge in [-0.05, 0) is 30.5 Å². The number of aryl methyl sites for hydroxylation is 1. The van der Waals surface area contributed by atoms with E-state index < -0.39 is 0 Å². The van der Waals surface area contributed by atoms with Crippen molar-refractivity contribution in [2.45, 2.75) is 26.7 Å². The van der Waals surface area contributed by atoms with Gasteiger partial charge >= 0.3 is 0 Å². The highest BCUT2D eigenvalue weighted by molar-refractivity contribution is 5.84. The molecule has 1 atom stereocenters. The first-order chi connectivity index (χ1) is 16.5.